The molecule has 0 aliphatic carbocycles. The standard InChI is InChI=1S/C17H16N2O3/c1-10-3-6-12(7-4-10)14-15(16(20)17(21)22)19-9-11(2)5-8-13(19)18-14/h3-9,14-15H,1-2H3,(H,21,22). The highest BCUT2D eigenvalue weighted by Crippen LogP contribution is 2.34. The Hall–Kier alpha value is -2.69. The Balaban J connectivity index is 2.05. The molecule has 22 heavy (non-hydrogen) atoms. The van der Waals surface area contributed by atoms with E-state index in [9.17, 15) is 9.59 Å². The highest BCUT2D eigenvalue weighted by molar-refractivity contribution is 6.36. The molecule has 0 fully saturated rings. The summed E-state index contributed by atoms with van der Waals surface area (Å²) < 4.78 is 0. The van der Waals surface area contributed by atoms with E-state index >= 15 is 0 Å². The third-order valence-corrected chi connectivity index (χ3v) is 3.87. The van der Waals surface area contributed by atoms with Crippen LogP contribution in [0.2, 0.25) is 0 Å². The predicted octanol–water partition coefficient (Wildman–Crippen LogP) is 2.25. The minimum absolute atomic E-state index is 0.508. The molecule has 0 bridgehead atoms. The van der Waals surface area contributed by atoms with Crippen LogP contribution in [-0.2, 0) is 9.59 Å². The molecule has 2 atom stereocenters. The van der Waals surface area contributed by atoms with Gasteiger partial charge in [0, 0.05) is 6.20 Å². The molecule has 5 nitrogen and oxygen atoms in total. The molecule has 1 aromatic rings. The van der Waals surface area contributed by atoms with Crippen LogP contribution in [0.1, 0.15) is 24.1 Å². The van der Waals surface area contributed by atoms with E-state index in [0.717, 1.165) is 16.7 Å². The van der Waals surface area contributed by atoms with Crippen molar-refractivity contribution in [1.82, 2.24) is 4.90 Å². The summed E-state index contributed by atoms with van der Waals surface area (Å²) in [6.45, 7) is 3.87. The van der Waals surface area contributed by atoms with Crippen LogP contribution in [0, 0.1) is 6.92 Å². The number of hydrogen-bond acceptors (Lipinski definition) is 4. The zero-order valence-electron chi connectivity index (χ0n) is 12.4. The summed E-state index contributed by atoms with van der Waals surface area (Å²) in [5, 5.41) is 9.14. The van der Waals surface area contributed by atoms with Crippen molar-refractivity contribution in [2.45, 2.75) is 25.9 Å². The minimum atomic E-state index is -1.43. The Morgan fingerprint density at radius 1 is 1.14 bits per heavy atom. The summed E-state index contributed by atoms with van der Waals surface area (Å²) in [6, 6.07) is 6.31. The number of carboxylic acid groups (broad SMARTS) is 1. The summed E-state index contributed by atoms with van der Waals surface area (Å²) in [5.41, 5.74) is 2.89. The molecule has 2 aliphatic heterocycles. The summed E-state index contributed by atoms with van der Waals surface area (Å²) in [7, 11) is 0. The molecule has 0 aromatic heterocycles. The molecule has 3 rings (SSSR count). The highest BCUT2D eigenvalue weighted by atomic mass is 16.4. The quantitative estimate of drug-likeness (QED) is 0.868. The van der Waals surface area contributed by atoms with Crippen molar-refractivity contribution >= 4 is 17.6 Å². The van der Waals surface area contributed by atoms with E-state index in [2.05, 4.69) is 4.99 Å². The Bertz CT molecular complexity index is 729. The highest BCUT2D eigenvalue weighted by Gasteiger charge is 2.43. The van der Waals surface area contributed by atoms with E-state index < -0.39 is 23.8 Å². The maximum absolute atomic E-state index is 12.2. The Morgan fingerprint density at radius 2 is 1.82 bits per heavy atom. The number of nitrogens with zero attached hydrogens (tertiary/aromatic N) is 2. The first-order valence-electron chi connectivity index (χ1n) is 7.04. The van der Waals surface area contributed by atoms with Gasteiger partial charge in [-0.1, -0.05) is 35.9 Å². The van der Waals surface area contributed by atoms with Gasteiger partial charge in [0.15, 0.2) is 0 Å². The lowest BCUT2D eigenvalue weighted by Crippen LogP contribution is -2.43. The van der Waals surface area contributed by atoms with Crippen molar-refractivity contribution in [3.05, 3.63) is 59.3 Å². The van der Waals surface area contributed by atoms with Crippen molar-refractivity contribution in [2.24, 2.45) is 4.99 Å². The molecule has 0 saturated heterocycles. The molecular weight excluding hydrogens is 280 g/mol. The number of Topliss-reactive ketones (excluding diaryl/α,β-unsaturated/α-hetero) is 1. The summed E-state index contributed by atoms with van der Waals surface area (Å²) >= 11 is 0. The van der Waals surface area contributed by atoms with Gasteiger partial charge >= 0.3 is 5.97 Å². The van der Waals surface area contributed by atoms with E-state index in [1.165, 1.54) is 0 Å². The van der Waals surface area contributed by atoms with Crippen LogP contribution >= 0.6 is 0 Å². The number of allylic oxidation sites excluding steroid dienone is 2. The van der Waals surface area contributed by atoms with Crippen LogP contribution in [0.15, 0.2) is 53.2 Å². The fourth-order valence-corrected chi connectivity index (χ4v) is 2.74. The lowest BCUT2D eigenvalue weighted by atomic mass is 9.95. The van der Waals surface area contributed by atoms with E-state index in [1.807, 2.05) is 50.3 Å². The number of aliphatic imine (C=N–C) groups is 1. The van der Waals surface area contributed by atoms with Gasteiger partial charge in [-0.25, -0.2) is 4.79 Å². The van der Waals surface area contributed by atoms with Crippen LogP contribution in [-0.4, -0.2) is 33.6 Å². The molecule has 2 aliphatic rings. The Labute approximate surface area is 128 Å². The lowest BCUT2D eigenvalue weighted by Gasteiger charge is -2.26. The van der Waals surface area contributed by atoms with Gasteiger partial charge in [-0.2, -0.15) is 0 Å². The number of benzene rings is 1. The first-order chi connectivity index (χ1) is 10.5. The van der Waals surface area contributed by atoms with Crippen molar-refractivity contribution in [3.8, 4) is 0 Å². The third kappa shape index (κ3) is 2.35. The molecule has 2 unspecified atom stereocenters. The lowest BCUT2D eigenvalue weighted by molar-refractivity contribution is -0.150. The number of fused-ring (bicyclic) bond motifs is 1. The van der Waals surface area contributed by atoms with Gasteiger partial charge in [0.05, 0.1) is 0 Å². The normalized spacial score (nSPS) is 22.9. The Kier molecular flexibility index (Phi) is 3.41. The number of aliphatic carboxylic acids is 1. The van der Waals surface area contributed by atoms with Crippen LogP contribution in [0.5, 0.6) is 0 Å². The van der Waals surface area contributed by atoms with Crippen molar-refractivity contribution in [2.75, 3.05) is 0 Å². The molecule has 0 amide bonds. The van der Waals surface area contributed by atoms with Gasteiger partial charge in [0.25, 0.3) is 5.78 Å². The van der Waals surface area contributed by atoms with Crippen molar-refractivity contribution in [3.63, 3.8) is 0 Å². The Morgan fingerprint density at radius 3 is 2.45 bits per heavy atom. The second-order valence-electron chi connectivity index (χ2n) is 5.57. The molecule has 1 aromatic carbocycles. The number of hydrogen-bond donors (Lipinski definition) is 1. The second kappa shape index (κ2) is 5.26. The maximum Gasteiger partial charge on any atom is 0.374 e. The second-order valence-corrected chi connectivity index (χ2v) is 5.57. The van der Waals surface area contributed by atoms with Crippen LogP contribution < -0.4 is 0 Å². The smallest absolute Gasteiger partial charge is 0.374 e. The number of ketones is 1. The van der Waals surface area contributed by atoms with Gasteiger partial charge in [0.2, 0.25) is 0 Å². The molecule has 1 N–H and O–H groups in total. The third-order valence-electron chi connectivity index (χ3n) is 3.87. The number of carbonyl (C=O) groups is 2. The molecule has 0 spiro atoms. The van der Waals surface area contributed by atoms with Gasteiger partial charge in [-0.3, -0.25) is 9.79 Å². The first-order valence-corrected chi connectivity index (χ1v) is 7.04. The summed E-state index contributed by atoms with van der Waals surface area (Å²) in [5.74, 6) is -1.65. The van der Waals surface area contributed by atoms with Gasteiger partial charge < -0.3 is 10.0 Å². The van der Waals surface area contributed by atoms with Crippen LogP contribution in [0.3, 0.4) is 0 Å². The molecule has 2 heterocycles. The summed E-state index contributed by atoms with van der Waals surface area (Å²) in [4.78, 5) is 29.6. The monoisotopic (exact) mass is 296 g/mol. The number of carboxylic acids is 1. The fraction of sp³-hybridized carbons (Fsp3) is 0.235. The average molecular weight is 296 g/mol. The minimum Gasteiger partial charge on any atom is -0.475 e. The van der Waals surface area contributed by atoms with Gasteiger partial charge in [0.1, 0.15) is 17.9 Å². The topological polar surface area (TPSA) is 70.0 Å². The molecule has 0 saturated carbocycles. The van der Waals surface area contributed by atoms with Crippen LogP contribution in [0.25, 0.3) is 0 Å². The molecule has 0 radical (unpaired) electrons. The van der Waals surface area contributed by atoms with E-state index in [0.29, 0.717) is 5.84 Å². The number of rotatable bonds is 3. The van der Waals surface area contributed by atoms with Gasteiger partial charge in [-0.15, -0.1) is 0 Å². The van der Waals surface area contributed by atoms with E-state index in [-0.39, 0.29) is 0 Å². The molecular formula is C17H16N2O3. The zero-order chi connectivity index (χ0) is 15.9. The zero-order valence-corrected chi connectivity index (χ0v) is 12.4. The fourth-order valence-electron chi connectivity index (χ4n) is 2.74. The average Bonchev–Trinajstić information content (AvgIpc) is 2.85. The summed E-state index contributed by atoms with van der Waals surface area (Å²) in [6.07, 6.45) is 5.49. The largest absolute Gasteiger partial charge is 0.475 e. The molecule has 112 valence electrons. The molecule has 5 heteroatoms. The van der Waals surface area contributed by atoms with E-state index in [1.54, 1.807) is 11.1 Å². The number of carbonyl (C=O) groups excluding carboxylic acids is 1. The van der Waals surface area contributed by atoms with Gasteiger partial charge in [-0.05, 0) is 31.1 Å². The predicted molar refractivity (Wildman–Crippen MR) is 82.5 cm³/mol. The van der Waals surface area contributed by atoms with Crippen LogP contribution in [0.4, 0.5) is 0 Å². The van der Waals surface area contributed by atoms with Crippen molar-refractivity contribution in [1.29, 1.82) is 0 Å². The van der Waals surface area contributed by atoms with Crippen molar-refractivity contribution < 1.29 is 14.7 Å². The van der Waals surface area contributed by atoms with E-state index in [4.69, 9.17) is 5.11 Å². The number of aryl methyl sites for hydroxylation is 1. The number of amidine groups is 1. The SMILES string of the molecule is CC1=CN2C(=NC(c3ccc(C)cc3)C2C(=O)C(=O)O)C=C1. The maximum atomic E-state index is 12.2. The first kappa shape index (κ1) is 14.3.